The van der Waals surface area contributed by atoms with Crippen molar-refractivity contribution in [2.24, 2.45) is 15.0 Å². The number of ether oxygens (including phenoxy) is 1. The second kappa shape index (κ2) is 6.78. The molecule has 1 atom stereocenters. The summed E-state index contributed by atoms with van der Waals surface area (Å²) in [7, 11) is 1.68. The molecular formula is C28H21N5O. The molecule has 1 unspecified atom stereocenters. The first kappa shape index (κ1) is 19.1. The molecule has 7 rings (SSSR count). The van der Waals surface area contributed by atoms with Crippen LogP contribution >= 0.6 is 0 Å². The average Bonchev–Trinajstić information content (AvgIpc) is 3.41. The molecule has 0 saturated heterocycles. The van der Waals surface area contributed by atoms with Gasteiger partial charge in [0.25, 0.3) is 0 Å². The molecule has 0 radical (unpaired) electrons. The van der Waals surface area contributed by atoms with E-state index >= 15 is 0 Å². The highest BCUT2D eigenvalue weighted by Gasteiger charge is 2.54. The predicted molar refractivity (Wildman–Crippen MR) is 136 cm³/mol. The fraction of sp³-hybridized carbons (Fsp3) is 0.107. The summed E-state index contributed by atoms with van der Waals surface area (Å²) in [5, 5.41) is 1.17. The van der Waals surface area contributed by atoms with Crippen molar-refractivity contribution in [1.29, 1.82) is 0 Å². The van der Waals surface area contributed by atoms with Gasteiger partial charge >= 0.3 is 0 Å². The average molecular weight is 444 g/mol. The summed E-state index contributed by atoms with van der Waals surface area (Å²) < 4.78 is 5.45. The van der Waals surface area contributed by atoms with E-state index in [0.29, 0.717) is 5.96 Å². The summed E-state index contributed by atoms with van der Waals surface area (Å²) in [6.07, 6.45) is 3.86. The number of aromatic nitrogens is 1. The summed E-state index contributed by atoms with van der Waals surface area (Å²) in [5.41, 5.74) is 6.36. The summed E-state index contributed by atoms with van der Waals surface area (Å²) in [6, 6.07) is 24.7. The summed E-state index contributed by atoms with van der Waals surface area (Å²) in [4.78, 5) is 21.0. The minimum Gasteiger partial charge on any atom is -0.497 e. The zero-order valence-corrected chi connectivity index (χ0v) is 18.8. The molecule has 6 nitrogen and oxygen atoms in total. The highest BCUT2D eigenvalue weighted by Crippen LogP contribution is 2.50. The van der Waals surface area contributed by atoms with Gasteiger partial charge in [-0.1, -0.05) is 48.5 Å². The van der Waals surface area contributed by atoms with E-state index in [-0.39, 0.29) is 0 Å². The Hall–Kier alpha value is -4.45. The van der Waals surface area contributed by atoms with Gasteiger partial charge in [0.2, 0.25) is 5.96 Å². The van der Waals surface area contributed by atoms with Crippen LogP contribution in [0.25, 0.3) is 16.6 Å². The number of hydrogen-bond donors (Lipinski definition) is 1. The molecule has 3 aliphatic rings. The predicted octanol–water partition coefficient (Wildman–Crippen LogP) is 5.57. The van der Waals surface area contributed by atoms with Gasteiger partial charge in [0.15, 0.2) is 11.4 Å². The van der Waals surface area contributed by atoms with Crippen molar-refractivity contribution in [1.82, 2.24) is 9.88 Å². The lowest BCUT2D eigenvalue weighted by Crippen LogP contribution is -2.43. The Morgan fingerprint density at radius 2 is 1.74 bits per heavy atom. The molecule has 164 valence electrons. The minimum atomic E-state index is -0.890. The van der Waals surface area contributed by atoms with Crippen LogP contribution in [0.4, 0.5) is 5.69 Å². The third kappa shape index (κ3) is 2.37. The van der Waals surface area contributed by atoms with Crippen LogP contribution in [0.15, 0.2) is 93.8 Å². The molecule has 1 aromatic heterocycles. The van der Waals surface area contributed by atoms with Crippen LogP contribution in [-0.2, 0) is 5.54 Å². The number of hydrogen-bond acceptors (Lipinski definition) is 5. The van der Waals surface area contributed by atoms with E-state index in [0.717, 1.165) is 50.9 Å². The number of fused-ring (bicyclic) bond motifs is 3. The zero-order chi connectivity index (χ0) is 22.9. The van der Waals surface area contributed by atoms with E-state index in [2.05, 4.69) is 64.3 Å². The third-order valence-corrected chi connectivity index (χ3v) is 6.91. The molecule has 0 saturated carbocycles. The van der Waals surface area contributed by atoms with Crippen LogP contribution in [-0.4, -0.2) is 35.0 Å². The van der Waals surface area contributed by atoms with E-state index in [9.17, 15) is 0 Å². The Bertz CT molecular complexity index is 1610. The van der Waals surface area contributed by atoms with Gasteiger partial charge in [-0.15, -0.1) is 0 Å². The molecule has 4 heterocycles. The minimum absolute atomic E-state index is 0.639. The lowest BCUT2D eigenvalue weighted by Gasteiger charge is -2.35. The number of methoxy groups -OCH3 is 1. The number of para-hydroxylation sites is 2. The van der Waals surface area contributed by atoms with E-state index < -0.39 is 5.54 Å². The van der Waals surface area contributed by atoms with Gasteiger partial charge in [0.1, 0.15) is 5.75 Å². The second-order valence-electron chi connectivity index (χ2n) is 8.64. The molecule has 34 heavy (non-hydrogen) atoms. The van der Waals surface area contributed by atoms with Crippen molar-refractivity contribution in [3.63, 3.8) is 0 Å². The summed E-state index contributed by atoms with van der Waals surface area (Å²) >= 11 is 0. The van der Waals surface area contributed by atoms with E-state index in [4.69, 9.17) is 14.7 Å². The maximum atomic E-state index is 5.45. The second-order valence-corrected chi connectivity index (χ2v) is 8.64. The Morgan fingerprint density at radius 3 is 2.56 bits per heavy atom. The molecule has 4 aromatic rings. The van der Waals surface area contributed by atoms with E-state index in [1.807, 2.05) is 42.6 Å². The molecule has 3 aliphatic heterocycles. The Balaban J connectivity index is 1.60. The quantitative estimate of drug-likeness (QED) is 0.450. The number of H-pyrrole nitrogens is 1. The number of nitrogens with zero attached hydrogens (tertiary/aromatic N) is 4. The first-order valence-electron chi connectivity index (χ1n) is 11.3. The number of nitrogens with one attached hydrogen (secondary N) is 1. The Kier molecular flexibility index (Phi) is 3.80. The lowest BCUT2D eigenvalue weighted by molar-refractivity contribution is 0.414. The molecule has 1 N–H and O–H groups in total. The van der Waals surface area contributed by atoms with Crippen molar-refractivity contribution in [3.8, 4) is 5.75 Å². The fourth-order valence-electron chi connectivity index (χ4n) is 5.29. The number of amidine groups is 1. The molecule has 0 bridgehead atoms. The fourth-order valence-corrected chi connectivity index (χ4v) is 5.29. The van der Waals surface area contributed by atoms with Gasteiger partial charge in [-0.25, -0.2) is 15.0 Å². The molecule has 0 fully saturated rings. The number of benzene rings is 3. The smallest absolute Gasteiger partial charge is 0.232 e. The normalized spacial score (nSPS) is 19.9. The van der Waals surface area contributed by atoms with Gasteiger partial charge in [0.05, 0.1) is 24.2 Å². The van der Waals surface area contributed by atoms with Gasteiger partial charge in [-0.2, -0.15) is 0 Å². The third-order valence-electron chi connectivity index (χ3n) is 6.91. The Labute approximate surface area is 196 Å². The number of aliphatic imine (C=N–C) groups is 3. The van der Waals surface area contributed by atoms with Gasteiger partial charge < -0.3 is 9.72 Å². The molecular weight excluding hydrogens is 422 g/mol. The first-order valence-corrected chi connectivity index (χ1v) is 11.3. The molecule has 0 amide bonds. The maximum absolute atomic E-state index is 5.45. The van der Waals surface area contributed by atoms with Gasteiger partial charge in [0, 0.05) is 22.7 Å². The number of aryl methyl sites for hydroxylation is 1. The monoisotopic (exact) mass is 443 g/mol. The van der Waals surface area contributed by atoms with Crippen LogP contribution in [0.5, 0.6) is 5.75 Å². The molecule has 3 aromatic carbocycles. The highest BCUT2D eigenvalue weighted by atomic mass is 16.5. The van der Waals surface area contributed by atoms with Crippen LogP contribution in [0.1, 0.15) is 22.4 Å². The van der Waals surface area contributed by atoms with Crippen LogP contribution in [0.3, 0.4) is 0 Å². The number of guanidine groups is 1. The number of rotatable bonds is 3. The zero-order valence-electron chi connectivity index (χ0n) is 18.8. The van der Waals surface area contributed by atoms with Crippen molar-refractivity contribution in [3.05, 3.63) is 101 Å². The van der Waals surface area contributed by atoms with Crippen molar-refractivity contribution in [2.45, 2.75) is 12.5 Å². The largest absolute Gasteiger partial charge is 0.497 e. The highest BCUT2D eigenvalue weighted by molar-refractivity contribution is 6.24. The van der Waals surface area contributed by atoms with Crippen LogP contribution in [0.2, 0.25) is 0 Å². The van der Waals surface area contributed by atoms with Gasteiger partial charge in [-0.05, 0) is 48.4 Å². The Morgan fingerprint density at radius 1 is 0.941 bits per heavy atom. The first-order chi connectivity index (χ1) is 16.7. The van der Waals surface area contributed by atoms with E-state index in [1.165, 1.54) is 5.39 Å². The standard InChI is InChI=1S/C28H21N5O/c1-17-20-7-3-5-9-22(20)30-25(17)28(18-11-13-19(34-2)14-12-18)26-31-23-10-6-4-8-21(23)24-15-16-29-27(32-28)33(24)26/h3-16,30H,1-2H3. The number of allylic oxidation sites excluding steroid dienone is 1. The summed E-state index contributed by atoms with van der Waals surface area (Å²) in [5.74, 6) is 2.26. The molecule has 0 spiro atoms. The number of aromatic amines is 1. The van der Waals surface area contributed by atoms with E-state index in [1.54, 1.807) is 7.11 Å². The SMILES string of the molecule is COc1ccc(C2(c3[nH]c4ccccc4c3C)N=C3N=CC=C4c5ccccc5N=C2N43)cc1. The van der Waals surface area contributed by atoms with Crippen molar-refractivity contribution >= 4 is 40.3 Å². The summed E-state index contributed by atoms with van der Waals surface area (Å²) in [6.45, 7) is 2.15. The van der Waals surface area contributed by atoms with Crippen LogP contribution < -0.4 is 4.74 Å². The lowest BCUT2D eigenvalue weighted by atomic mass is 9.83. The molecule has 6 heteroatoms. The maximum Gasteiger partial charge on any atom is 0.232 e. The molecule has 0 aliphatic carbocycles. The van der Waals surface area contributed by atoms with Crippen molar-refractivity contribution < 1.29 is 4.74 Å². The van der Waals surface area contributed by atoms with Crippen molar-refractivity contribution in [2.75, 3.05) is 7.11 Å². The van der Waals surface area contributed by atoms with Gasteiger partial charge in [-0.3, -0.25) is 4.90 Å². The topological polar surface area (TPSA) is 65.3 Å². The van der Waals surface area contributed by atoms with Crippen LogP contribution in [0, 0.1) is 6.92 Å².